The number of nitrogens with one attached hydrogen (secondary N) is 1. The van der Waals surface area contributed by atoms with Crippen molar-refractivity contribution in [1.29, 1.82) is 0 Å². The van der Waals surface area contributed by atoms with E-state index in [1.165, 1.54) is 32.1 Å². The average molecular weight is 334 g/mol. The Hall–Kier alpha value is -1.29. The molecule has 3 nitrogen and oxygen atoms in total. The van der Waals surface area contributed by atoms with Crippen LogP contribution in [-0.2, 0) is 0 Å². The van der Waals surface area contributed by atoms with Gasteiger partial charge in [0.15, 0.2) is 0 Å². The van der Waals surface area contributed by atoms with Gasteiger partial charge in [-0.25, -0.2) is 0 Å². The SMILES string of the molecule is Nc1cnc2cc(Br)ccc2c1NCC1CCCCC1. The van der Waals surface area contributed by atoms with Crippen LogP contribution >= 0.6 is 15.9 Å². The first-order valence-electron chi connectivity index (χ1n) is 7.31. The Labute approximate surface area is 128 Å². The number of aromatic nitrogens is 1. The Kier molecular flexibility index (Phi) is 4.10. The monoisotopic (exact) mass is 333 g/mol. The van der Waals surface area contributed by atoms with Gasteiger partial charge in [-0.2, -0.15) is 0 Å². The quantitative estimate of drug-likeness (QED) is 0.864. The Morgan fingerprint density at radius 3 is 2.85 bits per heavy atom. The molecule has 1 aliphatic rings. The van der Waals surface area contributed by atoms with Gasteiger partial charge in [-0.15, -0.1) is 0 Å². The maximum absolute atomic E-state index is 6.10. The maximum Gasteiger partial charge on any atom is 0.0743 e. The molecule has 0 amide bonds. The average Bonchev–Trinajstić information content (AvgIpc) is 2.47. The highest BCUT2D eigenvalue weighted by molar-refractivity contribution is 9.10. The number of hydrogen-bond donors (Lipinski definition) is 2. The van der Waals surface area contributed by atoms with Gasteiger partial charge in [0.25, 0.3) is 0 Å². The van der Waals surface area contributed by atoms with Crippen molar-refractivity contribution in [3.63, 3.8) is 0 Å². The van der Waals surface area contributed by atoms with Crippen molar-refractivity contribution in [2.75, 3.05) is 17.6 Å². The van der Waals surface area contributed by atoms with Gasteiger partial charge in [0.05, 0.1) is 23.1 Å². The predicted molar refractivity (Wildman–Crippen MR) is 88.9 cm³/mol. The fourth-order valence-corrected chi connectivity index (χ4v) is 3.37. The van der Waals surface area contributed by atoms with Gasteiger partial charge in [0.2, 0.25) is 0 Å². The summed E-state index contributed by atoms with van der Waals surface area (Å²) < 4.78 is 1.04. The van der Waals surface area contributed by atoms with Gasteiger partial charge in [-0.1, -0.05) is 35.2 Å². The van der Waals surface area contributed by atoms with Gasteiger partial charge >= 0.3 is 0 Å². The normalized spacial score (nSPS) is 16.4. The fraction of sp³-hybridized carbons (Fsp3) is 0.438. The van der Waals surface area contributed by atoms with E-state index >= 15 is 0 Å². The molecule has 3 N–H and O–H groups in total. The molecule has 1 aromatic heterocycles. The molecule has 20 heavy (non-hydrogen) atoms. The van der Waals surface area contributed by atoms with Crippen molar-refractivity contribution in [2.45, 2.75) is 32.1 Å². The molecule has 1 aliphatic carbocycles. The van der Waals surface area contributed by atoms with Crippen molar-refractivity contribution >= 4 is 38.2 Å². The molecule has 1 saturated carbocycles. The van der Waals surface area contributed by atoms with Gasteiger partial charge in [0.1, 0.15) is 0 Å². The van der Waals surface area contributed by atoms with Gasteiger partial charge in [0, 0.05) is 16.4 Å². The smallest absolute Gasteiger partial charge is 0.0743 e. The first-order valence-corrected chi connectivity index (χ1v) is 8.11. The van der Waals surface area contributed by atoms with E-state index in [1.54, 1.807) is 6.20 Å². The molecule has 4 heteroatoms. The summed E-state index contributed by atoms with van der Waals surface area (Å²) in [5.41, 5.74) is 8.84. The Balaban J connectivity index is 1.84. The van der Waals surface area contributed by atoms with E-state index in [0.717, 1.165) is 39.2 Å². The minimum Gasteiger partial charge on any atom is -0.396 e. The first-order chi connectivity index (χ1) is 9.74. The molecule has 106 valence electrons. The van der Waals surface area contributed by atoms with Gasteiger partial charge < -0.3 is 11.1 Å². The summed E-state index contributed by atoms with van der Waals surface area (Å²) in [4.78, 5) is 4.40. The zero-order chi connectivity index (χ0) is 13.9. The van der Waals surface area contributed by atoms with E-state index in [4.69, 9.17) is 5.73 Å². The molecule has 0 bridgehead atoms. The van der Waals surface area contributed by atoms with Crippen molar-refractivity contribution in [1.82, 2.24) is 4.98 Å². The second-order valence-corrected chi connectivity index (χ2v) is 6.55. The van der Waals surface area contributed by atoms with Crippen LogP contribution in [0.2, 0.25) is 0 Å². The number of nitrogen functional groups attached to an aromatic ring is 1. The molecule has 1 fully saturated rings. The van der Waals surface area contributed by atoms with E-state index in [2.05, 4.69) is 32.3 Å². The molecule has 0 spiro atoms. The summed E-state index contributed by atoms with van der Waals surface area (Å²) in [7, 11) is 0. The van der Waals surface area contributed by atoms with Crippen molar-refractivity contribution < 1.29 is 0 Å². The molecule has 0 atom stereocenters. The molecular weight excluding hydrogens is 314 g/mol. The van der Waals surface area contributed by atoms with Gasteiger partial charge in [-0.05, 0) is 37.0 Å². The molecule has 0 saturated heterocycles. The van der Waals surface area contributed by atoms with Crippen molar-refractivity contribution in [2.24, 2.45) is 5.92 Å². The topological polar surface area (TPSA) is 50.9 Å². The summed E-state index contributed by atoms with van der Waals surface area (Å²) in [6.45, 7) is 1.01. The highest BCUT2D eigenvalue weighted by atomic mass is 79.9. The molecule has 1 aromatic carbocycles. The number of halogens is 1. The van der Waals surface area contributed by atoms with Gasteiger partial charge in [-0.3, -0.25) is 4.98 Å². The molecule has 0 radical (unpaired) electrons. The summed E-state index contributed by atoms with van der Waals surface area (Å²) in [6, 6.07) is 6.14. The first kappa shape index (κ1) is 13.7. The van der Waals surface area contributed by atoms with Crippen LogP contribution in [0.1, 0.15) is 32.1 Å². The van der Waals surface area contributed by atoms with E-state index in [9.17, 15) is 0 Å². The number of benzene rings is 1. The van der Waals surface area contributed by atoms with Crippen LogP contribution in [0.15, 0.2) is 28.9 Å². The Morgan fingerprint density at radius 1 is 1.25 bits per heavy atom. The van der Waals surface area contributed by atoms with E-state index in [0.29, 0.717) is 0 Å². The van der Waals surface area contributed by atoms with Crippen LogP contribution in [0.25, 0.3) is 10.9 Å². The molecular formula is C16H20BrN3. The van der Waals surface area contributed by atoms with Crippen LogP contribution in [0.4, 0.5) is 11.4 Å². The summed E-state index contributed by atoms with van der Waals surface area (Å²) in [5, 5.41) is 4.67. The Morgan fingerprint density at radius 2 is 2.05 bits per heavy atom. The molecule has 3 rings (SSSR count). The second kappa shape index (κ2) is 6.00. The number of fused-ring (bicyclic) bond motifs is 1. The van der Waals surface area contributed by atoms with E-state index < -0.39 is 0 Å². The fourth-order valence-electron chi connectivity index (χ4n) is 3.02. The highest BCUT2D eigenvalue weighted by Crippen LogP contribution is 2.31. The summed E-state index contributed by atoms with van der Waals surface area (Å²) >= 11 is 3.49. The third-order valence-electron chi connectivity index (χ3n) is 4.15. The maximum atomic E-state index is 6.10. The van der Waals surface area contributed by atoms with E-state index in [1.807, 2.05) is 12.1 Å². The third-order valence-corrected chi connectivity index (χ3v) is 4.65. The van der Waals surface area contributed by atoms with Crippen molar-refractivity contribution in [3.8, 4) is 0 Å². The Bertz CT molecular complexity index is 606. The van der Waals surface area contributed by atoms with Crippen LogP contribution in [0, 0.1) is 5.92 Å². The summed E-state index contributed by atoms with van der Waals surface area (Å²) in [6.07, 6.45) is 8.55. The summed E-state index contributed by atoms with van der Waals surface area (Å²) in [5.74, 6) is 0.779. The van der Waals surface area contributed by atoms with Crippen molar-refractivity contribution in [3.05, 3.63) is 28.9 Å². The lowest BCUT2D eigenvalue weighted by molar-refractivity contribution is 0.373. The largest absolute Gasteiger partial charge is 0.396 e. The lowest BCUT2D eigenvalue weighted by Gasteiger charge is -2.23. The lowest BCUT2D eigenvalue weighted by atomic mass is 9.89. The van der Waals surface area contributed by atoms with Crippen LogP contribution in [0.3, 0.4) is 0 Å². The lowest BCUT2D eigenvalue weighted by Crippen LogP contribution is -2.18. The number of rotatable bonds is 3. The van der Waals surface area contributed by atoms with Crippen LogP contribution in [0.5, 0.6) is 0 Å². The molecule has 0 aliphatic heterocycles. The number of nitrogens with zero attached hydrogens (tertiary/aromatic N) is 1. The molecule has 1 heterocycles. The number of anilines is 2. The minimum atomic E-state index is 0.732. The second-order valence-electron chi connectivity index (χ2n) is 5.63. The zero-order valence-corrected chi connectivity index (χ0v) is 13.1. The number of hydrogen-bond acceptors (Lipinski definition) is 3. The standard InChI is InChI=1S/C16H20BrN3/c17-12-6-7-13-15(8-12)19-10-14(18)16(13)20-9-11-4-2-1-3-5-11/h6-8,10-11H,1-5,9,18H2,(H,19,20). The zero-order valence-electron chi connectivity index (χ0n) is 11.5. The minimum absolute atomic E-state index is 0.732. The van der Waals surface area contributed by atoms with Crippen LogP contribution < -0.4 is 11.1 Å². The highest BCUT2D eigenvalue weighted by Gasteiger charge is 2.14. The predicted octanol–water partition coefficient (Wildman–Crippen LogP) is 4.57. The van der Waals surface area contributed by atoms with Crippen LogP contribution in [-0.4, -0.2) is 11.5 Å². The molecule has 2 aromatic rings. The molecule has 0 unspecified atom stereocenters. The number of pyridine rings is 1. The third kappa shape index (κ3) is 2.90. The number of nitrogens with two attached hydrogens (primary N) is 1. The van der Waals surface area contributed by atoms with E-state index in [-0.39, 0.29) is 0 Å².